The smallest absolute Gasteiger partial charge is 0.256 e. The molecule has 1 aromatic carbocycles. The molecule has 0 bridgehead atoms. The number of aromatic nitrogens is 1. The Morgan fingerprint density at radius 3 is 2.71 bits per heavy atom. The number of aromatic amines is 1. The molecule has 6 heteroatoms. The summed E-state index contributed by atoms with van der Waals surface area (Å²) in [5.74, 6) is -0.0246. The van der Waals surface area contributed by atoms with Gasteiger partial charge in [-0.25, -0.2) is 4.39 Å². The van der Waals surface area contributed by atoms with Gasteiger partial charge < -0.3 is 10.3 Å². The minimum absolute atomic E-state index is 0.104. The van der Waals surface area contributed by atoms with Gasteiger partial charge in [0, 0.05) is 35.2 Å². The molecule has 0 aliphatic carbocycles. The Morgan fingerprint density at radius 1 is 1.33 bits per heavy atom. The highest BCUT2D eigenvalue weighted by Gasteiger charge is 2.09. The summed E-state index contributed by atoms with van der Waals surface area (Å²) in [6, 6.07) is 7.56. The van der Waals surface area contributed by atoms with Crippen molar-refractivity contribution in [1.29, 1.82) is 0 Å². The fourth-order valence-corrected chi connectivity index (χ4v) is 2.48. The largest absolute Gasteiger partial charge is 0.364 e. The molecule has 0 unspecified atom stereocenters. The molecule has 0 aliphatic heterocycles. The number of carbonyl (C=O) groups is 1. The van der Waals surface area contributed by atoms with Crippen LogP contribution in [0.4, 0.5) is 4.39 Å². The van der Waals surface area contributed by atoms with Crippen molar-refractivity contribution in [3.63, 3.8) is 0 Å². The topological polar surface area (TPSA) is 62.0 Å². The van der Waals surface area contributed by atoms with E-state index in [9.17, 15) is 14.0 Å². The SMILES string of the molecule is Cc1cc(=O)c(C(=O)NCCSc2ccc(F)cc2)c[nH]1. The predicted octanol–water partition coefficient (Wildman–Crippen LogP) is 2.34. The molecule has 0 saturated carbocycles. The first-order valence-corrected chi connectivity index (χ1v) is 7.41. The van der Waals surface area contributed by atoms with Crippen LogP contribution in [-0.4, -0.2) is 23.2 Å². The molecule has 0 spiro atoms. The summed E-state index contributed by atoms with van der Waals surface area (Å²) in [5.41, 5.74) is 0.519. The lowest BCUT2D eigenvalue weighted by Crippen LogP contribution is -2.30. The summed E-state index contributed by atoms with van der Waals surface area (Å²) in [6.45, 7) is 2.18. The standard InChI is InChI=1S/C15H15FN2O2S/c1-10-8-14(19)13(9-18-10)15(20)17-6-7-21-12-4-2-11(16)3-5-12/h2-5,8-9H,6-7H2,1H3,(H,17,20)(H,18,19). The zero-order valence-electron chi connectivity index (χ0n) is 11.5. The van der Waals surface area contributed by atoms with Crippen LogP contribution < -0.4 is 10.7 Å². The second-order valence-electron chi connectivity index (χ2n) is 4.45. The first-order chi connectivity index (χ1) is 10.1. The molecule has 0 saturated heterocycles. The number of thioether (sulfide) groups is 1. The van der Waals surface area contributed by atoms with E-state index in [1.54, 1.807) is 19.1 Å². The lowest BCUT2D eigenvalue weighted by molar-refractivity contribution is 0.0954. The molecule has 2 N–H and O–H groups in total. The molecular formula is C15H15FN2O2S. The van der Waals surface area contributed by atoms with E-state index in [4.69, 9.17) is 0 Å². The van der Waals surface area contributed by atoms with E-state index in [-0.39, 0.29) is 16.8 Å². The maximum absolute atomic E-state index is 12.7. The molecule has 2 aromatic rings. The van der Waals surface area contributed by atoms with Gasteiger partial charge in [-0.3, -0.25) is 9.59 Å². The molecule has 1 aromatic heterocycles. The number of carbonyl (C=O) groups excluding carboxylic acids is 1. The normalized spacial score (nSPS) is 10.4. The number of hydrogen-bond donors (Lipinski definition) is 2. The van der Waals surface area contributed by atoms with E-state index in [0.717, 1.165) is 4.90 Å². The Labute approximate surface area is 125 Å². The van der Waals surface area contributed by atoms with Gasteiger partial charge in [-0.05, 0) is 31.2 Å². The minimum Gasteiger partial charge on any atom is -0.364 e. The van der Waals surface area contributed by atoms with Crippen molar-refractivity contribution < 1.29 is 9.18 Å². The van der Waals surface area contributed by atoms with Gasteiger partial charge in [-0.15, -0.1) is 11.8 Å². The van der Waals surface area contributed by atoms with Gasteiger partial charge in [0.25, 0.3) is 5.91 Å². The van der Waals surface area contributed by atoms with Crippen LogP contribution in [0.3, 0.4) is 0 Å². The van der Waals surface area contributed by atoms with E-state index >= 15 is 0 Å². The number of rotatable bonds is 5. The summed E-state index contributed by atoms with van der Waals surface area (Å²) in [4.78, 5) is 27.3. The summed E-state index contributed by atoms with van der Waals surface area (Å²) in [7, 11) is 0. The maximum Gasteiger partial charge on any atom is 0.256 e. The van der Waals surface area contributed by atoms with Crippen LogP contribution in [0.5, 0.6) is 0 Å². The van der Waals surface area contributed by atoms with Crippen molar-refractivity contribution in [1.82, 2.24) is 10.3 Å². The van der Waals surface area contributed by atoms with E-state index in [1.165, 1.54) is 36.2 Å². The summed E-state index contributed by atoms with van der Waals surface area (Å²) >= 11 is 1.51. The molecule has 21 heavy (non-hydrogen) atoms. The van der Waals surface area contributed by atoms with Gasteiger partial charge >= 0.3 is 0 Å². The summed E-state index contributed by atoms with van der Waals surface area (Å²) in [5, 5.41) is 2.69. The zero-order chi connectivity index (χ0) is 15.2. The molecule has 0 aliphatic rings. The van der Waals surface area contributed by atoms with E-state index < -0.39 is 5.91 Å². The molecule has 4 nitrogen and oxygen atoms in total. The number of amides is 1. The Kier molecular flexibility index (Phi) is 5.16. The van der Waals surface area contributed by atoms with Crippen molar-refractivity contribution in [2.24, 2.45) is 0 Å². The van der Waals surface area contributed by atoms with Crippen LogP contribution in [0, 0.1) is 12.7 Å². The minimum atomic E-state index is -0.393. The van der Waals surface area contributed by atoms with Gasteiger partial charge in [0.1, 0.15) is 11.4 Å². The number of nitrogens with one attached hydrogen (secondary N) is 2. The second kappa shape index (κ2) is 7.08. The third kappa shape index (κ3) is 4.46. The Hall–Kier alpha value is -2.08. The van der Waals surface area contributed by atoms with Gasteiger partial charge in [0.2, 0.25) is 0 Å². The number of aryl methyl sites for hydroxylation is 1. The second-order valence-corrected chi connectivity index (χ2v) is 5.62. The molecule has 0 atom stereocenters. The molecule has 0 fully saturated rings. The van der Waals surface area contributed by atoms with Crippen LogP contribution in [0.25, 0.3) is 0 Å². The molecule has 0 radical (unpaired) electrons. The first kappa shape index (κ1) is 15.3. The number of H-pyrrole nitrogens is 1. The third-order valence-corrected chi connectivity index (χ3v) is 3.79. The number of halogens is 1. The van der Waals surface area contributed by atoms with Gasteiger partial charge in [0.05, 0.1) is 0 Å². The van der Waals surface area contributed by atoms with Gasteiger partial charge in [0.15, 0.2) is 5.43 Å². The highest BCUT2D eigenvalue weighted by atomic mass is 32.2. The molecule has 110 valence electrons. The van der Waals surface area contributed by atoms with Crippen molar-refractivity contribution in [3.05, 3.63) is 63.8 Å². The van der Waals surface area contributed by atoms with Gasteiger partial charge in [-0.2, -0.15) is 0 Å². The summed E-state index contributed by atoms with van der Waals surface area (Å²) < 4.78 is 12.7. The number of pyridine rings is 1. The first-order valence-electron chi connectivity index (χ1n) is 6.42. The van der Waals surface area contributed by atoms with Crippen molar-refractivity contribution in [2.75, 3.05) is 12.3 Å². The Bertz CT molecular complexity index is 683. The fourth-order valence-electron chi connectivity index (χ4n) is 1.71. The molecular weight excluding hydrogens is 291 g/mol. The number of hydrogen-bond acceptors (Lipinski definition) is 3. The maximum atomic E-state index is 12.7. The van der Waals surface area contributed by atoms with E-state index in [0.29, 0.717) is 18.0 Å². The quantitative estimate of drug-likeness (QED) is 0.658. The highest BCUT2D eigenvalue weighted by Crippen LogP contribution is 2.17. The molecule has 1 amide bonds. The zero-order valence-corrected chi connectivity index (χ0v) is 12.3. The van der Waals surface area contributed by atoms with Gasteiger partial charge in [-0.1, -0.05) is 0 Å². The van der Waals surface area contributed by atoms with E-state index in [1.807, 2.05) is 0 Å². The lowest BCUT2D eigenvalue weighted by atomic mass is 10.2. The van der Waals surface area contributed by atoms with Crippen LogP contribution in [0.1, 0.15) is 16.1 Å². The van der Waals surface area contributed by atoms with Crippen LogP contribution in [-0.2, 0) is 0 Å². The van der Waals surface area contributed by atoms with Crippen LogP contribution >= 0.6 is 11.8 Å². The lowest BCUT2D eigenvalue weighted by Gasteiger charge is -2.05. The Balaban J connectivity index is 1.82. The highest BCUT2D eigenvalue weighted by molar-refractivity contribution is 7.99. The predicted molar refractivity (Wildman–Crippen MR) is 81.3 cm³/mol. The van der Waals surface area contributed by atoms with Crippen LogP contribution in [0.2, 0.25) is 0 Å². The average molecular weight is 306 g/mol. The fraction of sp³-hybridized carbons (Fsp3) is 0.200. The van der Waals surface area contributed by atoms with Crippen molar-refractivity contribution >= 4 is 17.7 Å². The Morgan fingerprint density at radius 2 is 2.05 bits per heavy atom. The van der Waals surface area contributed by atoms with E-state index in [2.05, 4.69) is 10.3 Å². The van der Waals surface area contributed by atoms with Crippen molar-refractivity contribution in [3.8, 4) is 0 Å². The van der Waals surface area contributed by atoms with Crippen LogP contribution in [0.15, 0.2) is 46.2 Å². The monoisotopic (exact) mass is 306 g/mol. The third-order valence-electron chi connectivity index (χ3n) is 2.77. The van der Waals surface area contributed by atoms with Crippen molar-refractivity contribution in [2.45, 2.75) is 11.8 Å². The summed E-state index contributed by atoms with van der Waals surface area (Å²) in [6.07, 6.45) is 1.42. The molecule has 1 heterocycles. The average Bonchev–Trinajstić information content (AvgIpc) is 2.45. The molecule has 2 rings (SSSR count). The number of benzene rings is 1.